The van der Waals surface area contributed by atoms with Crippen LogP contribution in [-0.4, -0.2) is 83.7 Å². The molecule has 1 aromatic heterocycles. The highest BCUT2D eigenvalue weighted by atomic mass is 16.5. The summed E-state index contributed by atoms with van der Waals surface area (Å²) in [6, 6.07) is 7.62. The van der Waals surface area contributed by atoms with E-state index in [1.54, 1.807) is 7.11 Å². The smallest absolute Gasteiger partial charge is 0.241 e. The van der Waals surface area contributed by atoms with Gasteiger partial charge in [-0.15, -0.1) is 0 Å². The first-order valence-electron chi connectivity index (χ1n) is 10.8. The van der Waals surface area contributed by atoms with Gasteiger partial charge in [0.15, 0.2) is 0 Å². The van der Waals surface area contributed by atoms with Gasteiger partial charge in [-0.3, -0.25) is 14.6 Å². The Morgan fingerprint density at radius 2 is 1.73 bits per heavy atom. The molecule has 0 aliphatic carbocycles. The first-order chi connectivity index (χ1) is 14.6. The molecule has 2 aromatic rings. The van der Waals surface area contributed by atoms with Gasteiger partial charge in [0, 0.05) is 44.8 Å². The molecule has 1 amide bonds. The Morgan fingerprint density at radius 1 is 1.07 bits per heavy atom. The van der Waals surface area contributed by atoms with Gasteiger partial charge in [0.1, 0.15) is 5.75 Å². The maximum atomic E-state index is 12.6. The number of hydrogen-bond donors (Lipinski definition) is 0. The minimum atomic E-state index is 0.274. The van der Waals surface area contributed by atoms with E-state index in [2.05, 4.69) is 26.9 Å². The lowest BCUT2D eigenvalue weighted by Gasteiger charge is -2.36. The Hall–Kier alpha value is -2.45. The fourth-order valence-corrected chi connectivity index (χ4v) is 4.02. The van der Waals surface area contributed by atoms with Gasteiger partial charge >= 0.3 is 0 Å². The van der Waals surface area contributed by atoms with Crippen LogP contribution in [0.4, 0.5) is 0 Å². The highest BCUT2D eigenvalue weighted by Gasteiger charge is 2.25. The molecule has 0 atom stereocenters. The third kappa shape index (κ3) is 5.17. The van der Waals surface area contributed by atoms with Crippen LogP contribution < -0.4 is 4.74 Å². The number of hydrogen-bond acceptors (Lipinski definition) is 7. The quantitative estimate of drug-likeness (QED) is 0.718. The van der Waals surface area contributed by atoms with Crippen LogP contribution in [0.3, 0.4) is 0 Å². The minimum Gasteiger partial charge on any atom is -0.497 e. The molecular weight excluding hydrogens is 382 g/mol. The number of amides is 1. The van der Waals surface area contributed by atoms with Crippen LogP contribution in [0.25, 0.3) is 11.4 Å². The van der Waals surface area contributed by atoms with Gasteiger partial charge in [0.05, 0.1) is 20.2 Å². The molecule has 0 bridgehead atoms. The molecule has 0 unspecified atom stereocenters. The Bertz CT molecular complexity index is 822. The first-order valence-corrected chi connectivity index (χ1v) is 10.8. The maximum Gasteiger partial charge on any atom is 0.241 e. The largest absolute Gasteiger partial charge is 0.497 e. The second kappa shape index (κ2) is 9.57. The minimum absolute atomic E-state index is 0.274. The number of methoxy groups -OCH3 is 1. The Kier molecular flexibility index (Phi) is 6.64. The summed E-state index contributed by atoms with van der Waals surface area (Å²) in [6.45, 7) is 8.81. The molecule has 0 N–H and O–H groups in total. The molecule has 8 heteroatoms. The van der Waals surface area contributed by atoms with E-state index in [1.807, 2.05) is 29.2 Å². The first kappa shape index (κ1) is 20.8. The predicted octanol–water partition coefficient (Wildman–Crippen LogP) is 2.12. The lowest BCUT2D eigenvalue weighted by atomic mass is 9.99. The second-order valence-corrected chi connectivity index (χ2v) is 8.36. The van der Waals surface area contributed by atoms with Gasteiger partial charge in [-0.2, -0.15) is 4.98 Å². The van der Waals surface area contributed by atoms with Crippen molar-refractivity contribution in [3.05, 3.63) is 30.2 Å². The van der Waals surface area contributed by atoms with E-state index in [9.17, 15) is 4.79 Å². The van der Waals surface area contributed by atoms with E-state index in [4.69, 9.17) is 9.26 Å². The van der Waals surface area contributed by atoms with E-state index < -0.39 is 0 Å². The van der Waals surface area contributed by atoms with Gasteiger partial charge < -0.3 is 14.2 Å². The average Bonchev–Trinajstić information content (AvgIpc) is 3.24. The van der Waals surface area contributed by atoms with E-state index in [1.165, 1.54) is 0 Å². The van der Waals surface area contributed by atoms with E-state index in [0.29, 0.717) is 24.8 Å². The summed E-state index contributed by atoms with van der Waals surface area (Å²) in [4.78, 5) is 23.7. The molecule has 3 heterocycles. The standard InChI is InChI=1S/C22H31N5O3/c1-17-7-9-27(10-8-17)21(28)16-26-13-11-25(12-14-26)15-20-23-22(24-30-20)18-3-5-19(29-2)6-4-18/h3-6,17H,7-16H2,1-2H3. The molecule has 0 saturated carbocycles. The second-order valence-electron chi connectivity index (χ2n) is 8.36. The van der Waals surface area contributed by atoms with Crippen LogP contribution in [0.5, 0.6) is 5.75 Å². The van der Waals surface area contributed by atoms with Crippen molar-refractivity contribution in [1.82, 2.24) is 24.8 Å². The van der Waals surface area contributed by atoms with E-state index in [-0.39, 0.29) is 5.91 Å². The third-order valence-corrected chi connectivity index (χ3v) is 6.14. The zero-order chi connectivity index (χ0) is 20.9. The van der Waals surface area contributed by atoms with Crippen molar-refractivity contribution in [2.75, 3.05) is 52.9 Å². The molecular formula is C22H31N5O3. The van der Waals surface area contributed by atoms with Crippen molar-refractivity contribution in [2.24, 2.45) is 5.92 Å². The van der Waals surface area contributed by atoms with Crippen molar-refractivity contribution in [3.63, 3.8) is 0 Å². The zero-order valence-electron chi connectivity index (χ0n) is 17.9. The Labute approximate surface area is 177 Å². The van der Waals surface area contributed by atoms with Crippen LogP contribution in [0.15, 0.2) is 28.8 Å². The van der Waals surface area contributed by atoms with Crippen LogP contribution >= 0.6 is 0 Å². The molecule has 0 spiro atoms. The Balaban J connectivity index is 1.23. The zero-order valence-corrected chi connectivity index (χ0v) is 17.9. The molecule has 1 aromatic carbocycles. The number of rotatable bonds is 6. The number of piperazine rings is 1. The number of carbonyl (C=O) groups excluding carboxylic acids is 1. The molecule has 2 aliphatic heterocycles. The van der Waals surface area contributed by atoms with Crippen LogP contribution in [0.1, 0.15) is 25.7 Å². The topological polar surface area (TPSA) is 74.9 Å². The number of nitrogens with zero attached hydrogens (tertiary/aromatic N) is 5. The Morgan fingerprint density at radius 3 is 2.40 bits per heavy atom. The summed E-state index contributed by atoms with van der Waals surface area (Å²) < 4.78 is 10.6. The SMILES string of the molecule is COc1ccc(-c2noc(CN3CCN(CC(=O)N4CCC(C)CC4)CC3)n2)cc1. The maximum absolute atomic E-state index is 12.6. The normalized spacial score (nSPS) is 19.2. The highest BCUT2D eigenvalue weighted by Crippen LogP contribution is 2.20. The predicted molar refractivity (Wildman–Crippen MR) is 113 cm³/mol. The van der Waals surface area contributed by atoms with Crippen molar-refractivity contribution in [1.29, 1.82) is 0 Å². The lowest BCUT2D eigenvalue weighted by molar-refractivity contribution is -0.134. The summed E-state index contributed by atoms with van der Waals surface area (Å²) >= 11 is 0. The summed E-state index contributed by atoms with van der Waals surface area (Å²) in [7, 11) is 1.64. The van der Waals surface area contributed by atoms with Gasteiger partial charge in [-0.25, -0.2) is 0 Å². The number of piperidine rings is 1. The fourth-order valence-electron chi connectivity index (χ4n) is 4.02. The molecule has 8 nitrogen and oxygen atoms in total. The number of carbonyl (C=O) groups is 1. The lowest BCUT2D eigenvalue weighted by Crippen LogP contribution is -2.50. The molecule has 2 saturated heterocycles. The molecule has 4 rings (SSSR count). The number of aromatic nitrogens is 2. The van der Waals surface area contributed by atoms with E-state index >= 15 is 0 Å². The molecule has 0 radical (unpaired) electrons. The number of likely N-dealkylation sites (tertiary alicyclic amines) is 1. The summed E-state index contributed by atoms with van der Waals surface area (Å²) in [5.41, 5.74) is 0.904. The van der Waals surface area contributed by atoms with Gasteiger partial charge in [0.25, 0.3) is 0 Å². The highest BCUT2D eigenvalue weighted by molar-refractivity contribution is 5.78. The molecule has 162 valence electrons. The number of benzene rings is 1. The van der Waals surface area contributed by atoms with Crippen LogP contribution in [0.2, 0.25) is 0 Å². The van der Waals surface area contributed by atoms with Gasteiger partial charge in [-0.1, -0.05) is 12.1 Å². The van der Waals surface area contributed by atoms with Crippen molar-refractivity contribution < 1.29 is 14.1 Å². The van der Waals surface area contributed by atoms with Crippen molar-refractivity contribution in [2.45, 2.75) is 26.3 Å². The summed E-state index contributed by atoms with van der Waals surface area (Å²) in [5.74, 6) is 3.03. The molecule has 2 fully saturated rings. The molecule has 2 aliphatic rings. The van der Waals surface area contributed by atoms with Gasteiger partial charge in [0.2, 0.25) is 17.6 Å². The average molecular weight is 414 g/mol. The van der Waals surface area contributed by atoms with Gasteiger partial charge in [-0.05, 0) is 43.0 Å². The van der Waals surface area contributed by atoms with E-state index in [0.717, 1.165) is 69.3 Å². The van der Waals surface area contributed by atoms with Crippen molar-refractivity contribution in [3.8, 4) is 17.1 Å². The monoisotopic (exact) mass is 413 g/mol. The van der Waals surface area contributed by atoms with Crippen molar-refractivity contribution >= 4 is 5.91 Å². The third-order valence-electron chi connectivity index (χ3n) is 6.14. The summed E-state index contributed by atoms with van der Waals surface area (Å²) in [5, 5.41) is 4.10. The number of ether oxygens (including phenoxy) is 1. The van der Waals surface area contributed by atoms with Crippen LogP contribution in [-0.2, 0) is 11.3 Å². The molecule has 30 heavy (non-hydrogen) atoms. The van der Waals surface area contributed by atoms with Crippen LogP contribution in [0, 0.1) is 5.92 Å². The fraction of sp³-hybridized carbons (Fsp3) is 0.591. The summed E-state index contributed by atoms with van der Waals surface area (Å²) in [6.07, 6.45) is 2.25.